The summed E-state index contributed by atoms with van der Waals surface area (Å²) in [6, 6.07) is 7.58. The van der Waals surface area contributed by atoms with Gasteiger partial charge >= 0.3 is 0 Å². The molecule has 1 aliphatic rings. The van der Waals surface area contributed by atoms with E-state index in [1.54, 1.807) is 7.11 Å². The van der Waals surface area contributed by atoms with E-state index in [9.17, 15) is 4.79 Å². The first-order chi connectivity index (χ1) is 10.7. The van der Waals surface area contributed by atoms with Crippen LogP contribution in [0.4, 0.5) is 0 Å². The first-order valence-electron chi connectivity index (χ1n) is 7.63. The van der Waals surface area contributed by atoms with Gasteiger partial charge in [-0.1, -0.05) is 12.1 Å². The van der Waals surface area contributed by atoms with Crippen LogP contribution in [0, 0.1) is 0 Å². The topological polar surface area (TPSA) is 79.9 Å². The van der Waals surface area contributed by atoms with Crippen LogP contribution >= 0.6 is 0 Å². The lowest BCUT2D eigenvalue weighted by Crippen LogP contribution is -2.41. The minimum Gasteiger partial charge on any atom is -0.497 e. The molecule has 3 N–H and O–H groups in total. The van der Waals surface area contributed by atoms with E-state index < -0.39 is 0 Å². The molecular weight excluding hydrogens is 280 g/mol. The predicted octanol–water partition coefficient (Wildman–Crippen LogP) is 1.11. The summed E-state index contributed by atoms with van der Waals surface area (Å²) in [7, 11) is 1.63. The maximum atomic E-state index is 11.8. The van der Waals surface area contributed by atoms with E-state index in [1.165, 1.54) is 6.42 Å². The van der Waals surface area contributed by atoms with Crippen molar-refractivity contribution in [3.05, 3.63) is 29.8 Å². The molecule has 1 aromatic rings. The van der Waals surface area contributed by atoms with Gasteiger partial charge in [-0.05, 0) is 37.0 Å². The van der Waals surface area contributed by atoms with Crippen molar-refractivity contribution in [2.75, 3.05) is 26.7 Å². The van der Waals surface area contributed by atoms with Crippen LogP contribution < -0.4 is 15.8 Å². The Hall–Kier alpha value is -2.24. The van der Waals surface area contributed by atoms with E-state index in [0.29, 0.717) is 12.5 Å². The van der Waals surface area contributed by atoms with Crippen LogP contribution in [0.25, 0.3) is 0 Å². The predicted molar refractivity (Wildman–Crippen MR) is 86.8 cm³/mol. The maximum Gasteiger partial charge on any atom is 0.242 e. The summed E-state index contributed by atoms with van der Waals surface area (Å²) in [4.78, 5) is 18.0. The van der Waals surface area contributed by atoms with Gasteiger partial charge in [0, 0.05) is 19.6 Å². The van der Waals surface area contributed by atoms with Crippen molar-refractivity contribution in [2.24, 2.45) is 10.7 Å². The molecule has 6 nitrogen and oxygen atoms in total. The van der Waals surface area contributed by atoms with Gasteiger partial charge in [0.1, 0.15) is 12.3 Å². The number of methoxy groups -OCH3 is 1. The van der Waals surface area contributed by atoms with Crippen LogP contribution in [0.5, 0.6) is 5.75 Å². The second-order valence-electron chi connectivity index (χ2n) is 5.35. The highest BCUT2D eigenvalue weighted by molar-refractivity contribution is 5.84. The summed E-state index contributed by atoms with van der Waals surface area (Å²) in [6.45, 7) is 2.41. The van der Waals surface area contributed by atoms with Gasteiger partial charge in [0.2, 0.25) is 5.91 Å². The Morgan fingerprint density at radius 2 is 1.95 bits per heavy atom. The minimum atomic E-state index is -0.129. The minimum absolute atomic E-state index is 0.0679. The highest BCUT2D eigenvalue weighted by atomic mass is 16.5. The van der Waals surface area contributed by atoms with Crippen molar-refractivity contribution in [3.63, 3.8) is 0 Å². The van der Waals surface area contributed by atoms with Crippen molar-refractivity contribution >= 4 is 11.9 Å². The molecule has 0 radical (unpaired) electrons. The number of ether oxygens (including phenoxy) is 1. The van der Waals surface area contributed by atoms with Gasteiger partial charge in [-0.2, -0.15) is 0 Å². The Kier molecular flexibility index (Phi) is 6.06. The zero-order valence-corrected chi connectivity index (χ0v) is 13.0. The zero-order chi connectivity index (χ0) is 15.8. The molecule has 1 aromatic carbocycles. The highest BCUT2D eigenvalue weighted by Crippen LogP contribution is 2.11. The fourth-order valence-corrected chi connectivity index (χ4v) is 2.38. The molecule has 22 heavy (non-hydrogen) atoms. The number of amides is 1. The molecule has 0 aliphatic carbocycles. The Labute approximate surface area is 131 Å². The average Bonchev–Trinajstić information content (AvgIpc) is 2.59. The molecule has 0 atom stereocenters. The SMILES string of the molecule is COc1ccc(CNC(=O)CN=C(N)N2CCCCC2)cc1. The molecule has 0 aromatic heterocycles. The van der Waals surface area contributed by atoms with Crippen LogP contribution in [-0.4, -0.2) is 43.5 Å². The summed E-state index contributed by atoms with van der Waals surface area (Å²) < 4.78 is 5.09. The first-order valence-corrected chi connectivity index (χ1v) is 7.63. The molecular formula is C16H24N4O2. The van der Waals surface area contributed by atoms with Gasteiger partial charge < -0.3 is 20.7 Å². The first kappa shape index (κ1) is 16.1. The van der Waals surface area contributed by atoms with Crippen LogP contribution in [0.1, 0.15) is 24.8 Å². The largest absolute Gasteiger partial charge is 0.497 e. The molecule has 1 amide bonds. The van der Waals surface area contributed by atoms with Gasteiger partial charge in [-0.3, -0.25) is 4.79 Å². The summed E-state index contributed by atoms with van der Waals surface area (Å²) in [6.07, 6.45) is 3.52. The zero-order valence-electron chi connectivity index (χ0n) is 13.0. The maximum absolute atomic E-state index is 11.8. The van der Waals surface area contributed by atoms with Gasteiger partial charge in [0.05, 0.1) is 7.11 Å². The second kappa shape index (κ2) is 8.26. The second-order valence-corrected chi connectivity index (χ2v) is 5.35. The fourth-order valence-electron chi connectivity index (χ4n) is 2.38. The molecule has 0 spiro atoms. The molecule has 1 saturated heterocycles. The fraction of sp³-hybridized carbons (Fsp3) is 0.500. The van der Waals surface area contributed by atoms with Crippen molar-refractivity contribution in [3.8, 4) is 5.75 Å². The van der Waals surface area contributed by atoms with Gasteiger partial charge in [0.25, 0.3) is 0 Å². The van der Waals surface area contributed by atoms with Gasteiger partial charge in [-0.15, -0.1) is 0 Å². The Morgan fingerprint density at radius 3 is 2.59 bits per heavy atom. The molecule has 2 rings (SSSR count). The number of carbonyl (C=O) groups excluding carboxylic acids is 1. The number of piperidine rings is 1. The highest BCUT2D eigenvalue weighted by Gasteiger charge is 2.12. The van der Waals surface area contributed by atoms with Crippen molar-refractivity contribution in [1.29, 1.82) is 0 Å². The molecule has 120 valence electrons. The van der Waals surface area contributed by atoms with E-state index in [-0.39, 0.29) is 12.5 Å². The van der Waals surface area contributed by atoms with Crippen molar-refractivity contribution < 1.29 is 9.53 Å². The number of carbonyl (C=O) groups is 1. The summed E-state index contributed by atoms with van der Waals surface area (Å²) >= 11 is 0. The number of likely N-dealkylation sites (tertiary alicyclic amines) is 1. The third-order valence-corrected chi connectivity index (χ3v) is 3.71. The summed E-state index contributed by atoms with van der Waals surface area (Å²) in [5.74, 6) is 1.14. The Morgan fingerprint density at radius 1 is 1.27 bits per heavy atom. The molecule has 0 bridgehead atoms. The number of benzene rings is 1. The summed E-state index contributed by atoms with van der Waals surface area (Å²) in [5, 5.41) is 2.83. The quantitative estimate of drug-likeness (QED) is 0.631. The lowest BCUT2D eigenvalue weighted by molar-refractivity contribution is -0.119. The number of nitrogens with two attached hydrogens (primary N) is 1. The van der Waals surface area contributed by atoms with E-state index in [4.69, 9.17) is 10.5 Å². The lowest BCUT2D eigenvalue weighted by Gasteiger charge is -2.27. The standard InChI is InChI=1S/C16H24N4O2/c1-22-14-7-5-13(6-8-14)11-18-15(21)12-19-16(17)20-9-3-2-4-10-20/h5-8H,2-4,9-12H2,1H3,(H2,17,19)(H,18,21). The van der Waals surface area contributed by atoms with Crippen LogP contribution in [0.15, 0.2) is 29.3 Å². The Bertz CT molecular complexity index is 507. The van der Waals surface area contributed by atoms with E-state index in [2.05, 4.69) is 10.3 Å². The number of nitrogens with zero attached hydrogens (tertiary/aromatic N) is 2. The van der Waals surface area contributed by atoms with Crippen LogP contribution in [-0.2, 0) is 11.3 Å². The smallest absolute Gasteiger partial charge is 0.242 e. The third-order valence-electron chi connectivity index (χ3n) is 3.71. The van der Waals surface area contributed by atoms with Crippen molar-refractivity contribution in [1.82, 2.24) is 10.2 Å². The van der Waals surface area contributed by atoms with Gasteiger partial charge in [-0.25, -0.2) is 4.99 Å². The third kappa shape index (κ3) is 4.95. The number of guanidine groups is 1. The van der Waals surface area contributed by atoms with E-state index in [1.807, 2.05) is 29.2 Å². The average molecular weight is 304 g/mol. The van der Waals surface area contributed by atoms with Crippen LogP contribution in [0.2, 0.25) is 0 Å². The van der Waals surface area contributed by atoms with Gasteiger partial charge in [0.15, 0.2) is 5.96 Å². The number of hydrogen-bond donors (Lipinski definition) is 2. The normalized spacial score (nSPS) is 15.5. The number of rotatable bonds is 5. The number of nitrogens with one attached hydrogen (secondary N) is 1. The summed E-state index contributed by atoms with van der Waals surface area (Å²) in [5.41, 5.74) is 6.93. The number of hydrogen-bond acceptors (Lipinski definition) is 3. The van der Waals surface area contributed by atoms with E-state index in [0.717, 1.165) is 37.2 Å². The van der Waals surface area contributed by atoms with Crippen LogP contribution in [0.3, 0.4) is 0 Å². The molecule has 1 aliphatic heterocycles. The lowest BCUT2D eigenvalue weighted by atomic mass is 10.1. The molecule has 0 unspecified atom stereocenters. The molecule has 1 fully saturated rings. The molecule has 1 heterocycles. The van der Waals surface area contributed by atoms with E-state index >= 15 is 0 Å². The molecule has 6 heteroatoms. The van der Waals surface area contributed by atoms with Crippen molar-refractivity contribution in [2.45, 2.75) is 25.8 Å². The molecule has 0 saturated carbocycles. The Balaban J connectivity index is 1.74. The number of aliphatic imine (C=N–C) groups is 1. The monoisotopic (exact) mass is 304 g/mol.